The van der Waals surface area contributed by atoms with Gasteiger partial charge in [-0.15, -0.1) is 0 Å². The van der Waals surface area contributed by atoms with Gasteiger partial charge in [0, 0.05) is 24.7 Å². The SMILES string of the molecule is Cc1ccc(C(=O)N2CCC(N3CC(=O)N(c4ccccc4)C3=O)CC2)cc1C. The van der Waals surface area contributed by atoms with Crippen LogP contribution in [0.4, 0.5) is 10.5 Å². The van der Waals surface area contributed by atoms with E-state index in [0.29, 0.717) is 37.2 Å². The maximum Gasteiger partial charge on any atom is 0.332 e. The van der Waals surface area contributed by atoms with Crippen LogP contribution < -0.4 is 4.90 Å². The van der Waals surface area contributed by atoms with Crippen molar-refractivity contribution in [3.05, 3.63) is 65.2 Å². The lowest BCUT2D eigenvalue weighted by Gasteiger charge is -2.36. The Morgan fingerprint density at radius 3 is 2.28 bits per heavy atom. The first-order chi connectivity index (χ1) is 14.0. The topological polar surface area (TPSA) is 60.9 Å². The van der Waals surface area contributed by atoms with Crippen LogP contribution in [0.3, 0.4) is 0 Å². The lowest BCUT2D eigenvalue weighted by molar-refractivity contribution is -0.116. The van der Waals surface area contributed by atoms with E-state index in [0.717, 1.165) is 5.56 Å². The Morgan fingerprint density at radius 1 is 0.931 bits per heavy atom. The minimum atomic E-state index is -0.264. The van der Waals surface area contributed by atoms with E-state index >= 15 is 0 Å². The predicted molar refractivity (Wildman–Crippen MR) is 111 cm³/mol. The summed E-state index contributed by atoms with van der Waals surface area (Å²) in [7, 11) is 0. The summed E-state index contributed by atoms with van der Waals surface area (Å²) >= 11 is 0. The number of likely N-dealkylation sites (tertiary alicyclic amines) is 1. The van der Waals surface area contributed by atoms with Crippen LogP contribution in [-0.4, -0.2) is 53.3 Å². The van der Waals surface area contributed by atoms with Gasteiger partial charge in [0.05, 0.1) is 5.69 Å². The molecule has 0 saturated carbocycles. The number of amides is 4. The van der Waals surface area contributed by atoms with Crippen molar-refractivity contribution in [2.45, 2.75) is 32.7 Å². The molecule has 6 heteroatoms. The first-order valence-electron chi connectivity index (χ1n) is 10.0. The molecular formula is C23H25N3O3. The van der Waals surface area contributed by atoms with Gasteiger partial charge in [0.25, 0.3) is 11.8 Å². The van der Waals surface area contributed by atoms with Gasteiger partial charge in [0.15, 0.2) is 0 Å². The van der Waals surface area contributed by atoms with Gasteiger partial charge in [-0.2, -0.15) is 0 Å². The van der Waals surface area contributed by atoms with Crippen molar-refractivity contribution in [3.63, 3.8) is 0 Å². The van der Waals surface area contributed by atoms with Crippen LogP contribution in [0.25, 0.3) is 0 Å². The fourth-order valence-corrected chi connectivity index (χ4v) is 4.07. The molecule has 2 saturated heterocycles. The van der Waals surface area contributed by atoms with E-state index in [1.807, 2.05) is 55.1 Å². The van der Waals surface area contributed by atoms with Crippen molar-refractivity contribution in [3.8, 4) is 0 Å². The molecule has 0 N–H and O–H groups in total. The Morgan fingerprint density at radius 2 is 1.62 bits per heavy atom. The van der Waals surface area contributed by atoms with Crippen LogP contribution in [0.5, 0.6) is 0 Å². The van der Waals surface area contributed by atoms with Crippen LogP contribution >= 0.6 is 0 Å². The van der Waals surface area contributed by atoms with Gasteiger partial charge in [-0.05, 0) is 62.1 Å². The van der Waals surface area contributed by atoms with Gasteiger partial charge < -0.3 is 9.80 Å². The number of rotatable bonds is 3. The molecule has 2 aliphatic rings. The summed E-state index contributed by atoms with van der Waals surface area (Å²) in [6.45, 7) is 5.30. The average Bonchev–Trinajstić information content (AvgIpc) is 3.04. The first-order valence-corrected chi connectivity index (χ1v) is 10.0. The molecule has 0 radical (unpaired) electrons. The second kappa shape index (κ2) is 7.70. The molecule has 0 bridgehead atoms. The van der Waals surface area contributed by atoms with Gasteiger partial charge >= 0.3 is 6.03 Å². The highest BCUT2D eigenvalue weighted by atomic mass is 16.2. The minimum absolute atomic E-state index is 0.0241. The molecular weight excluding hydrogens is 366 g/mol. The fourth-order valence-electron chi connectivity index (χ4n) is 4.07. The summed E-state index contributed by atoms with van der Waals surface area (Å²) in [5.74, 6) is -0.170. The lowest BCUT2D eigenvalue weighted by Crippen LogP contribution is -2.48. The summed E-state index contributed by atoms with van der Waals surface area (Å²) < 4.78 is 0. The molecule has 6 nitrogen and oxygen atoms in total. The molecule has 0 atom stereocenters. The maximum atomic E-state index is 12.9. The van der Waals surface area contributed by atoms with Gasteiger partial charge in [0.2, 0.25) is 0 Å². The number of benzene rings is 2. The van der Waals surface area contributed by atoms with E-state index in [-0.39, 0.29) is 30.4 Å². The lowest BCUT2D eigenvalue weighted by atomic mass is 10.0. The monoisotopic (exact) mass is 391 g/mol. The molecule has 0 unspecified atom stereocenters. The third kappa shape index (κ3) is 3.62. The Bertz CT molecular complexity index is 949. The molecule has 2 aliphatic heterocycles. The number of imide groups is 1. The molecule has 4 rings (SSSR count). The van der Waals surface area contributed by atoms with Crippen molar-refractivity contribution in [1.82, 2.24) is 9.80 Å². The van der Waals surface area contributed by atoms with Crippen molar-refractivity contribution >= 4 is 23.5 Å². The number of aryl methyl sites for hydroxylation is 2. The van der Waals surface area contributed by atoms with E-state index in [2.05, 4.69) is 0 Å². The standard InChI is InChI=1S/C23H25N3O3/c1-16-8-9-18(14-17(16)2)22(28)24-12-10-19(11-13-24)25-15-21(27)26(23(25)29)20-6-4-3-5-7-20/h3-9,14,19H,10-13,15H2,1-2H3. The molecule has 2 aromatic carbocycles. The van der Waals surface area contributed by atoms with Crippen LogP contribution in [0.2, 0.25) is 0 Å². The van der Waals surface area contributed by atoms with Crippen LogP contribution in [0, 0.1) is 13.8 Å². The number of piperidine rings is 1. The summed E-state index contributed by atoms with van der Waals surface area (Å²) in [4.78, 5) is 42.9. The summed E-state index contributed by atoms with van der Waals surface area (Å²) in [5.41, 5.74) is 3.58. The fraction of sp³-hybridized carbons (Fsp3) is 0.348. The maximum absolute atomic E-state index is 12.9. The van der Waals surface area contributed by atoms with Gasteiger partial charge in [-0.25, -0.2) is 9.69 Å². The summed E-state index contributed by atoms with van der Waals surface area (Å²) in [6, 6.07) is 14.5. The zero-order valence-corrected chi connectivity index (χ0v) is 16.8. The number of anilines is 1. The van der Waals surface area contributed by atoms with E-state index in [1.54, 1.807) is 17.0 Å². The smallest absolute Gasteiger partial charge is 0.332 e. The highest BCUT2D eigenvalue weighted by Crippen LogP contribution is 2.27. The third-order valence-electron chi connectivity index (χ3n) is 5.95. The molecule has 150 valence electrons. The zero-order valence-electron chi connectivity index (χ0n) is 16.8. The molecule has 2 fully saturated rings. The average molecular weight is 391 g/mol. The zero-order chi connectivity index (χ0) is 20.5. The molecule has 2 heterocycles. The normalized spacial score (nSPS) is 17.9. The summed E-state index contributed by atoms with van der Waals surface area (Å²) in [5, 5.41) is 0. The number of carbonyl (C=O) groups is 3. The molecule has 4 amide bonds. The van der Waals surface area contributed by atoms with Crippen molar-refractivity contribution in [2.75, 3.05) is 24.5 Å². The molecule has 0 aliphatic carbocycles. The van der Waals surface area contributed by atoms with E-state index in [4.69, 9.17) is 0 Å². The number of hydrogen-bond donors (Lipinski definition) is 0. The predicted octanol–water partition coefficient (Wildman–Crippen LogP) is 3.38. The van der Waals surface area contributed by atoms with Gasteiger partial charge in [-0.1, -0.05) is 24.3 Å². The van der Waals surface area contributed by atoms with Crippen molar-refractivity contribution in [1.29, 1.82) is 0 Å². The largest absolute Gasteiger partial charge is 0.338 e. The van der Waals surface area contributed by atoms with Crippen LogP contribution in [0.15, 0.2) is 48.5 Å². The van der Waals surface area contributed by atoms with Crippen LogP contribution in [0.1, 0.15) is 34.3 Å². The van der Waals surface area contributed by atoms with E-state index in [9.17, 15) is 14.4 Å². The van der Waals surface area contributed by atoms with Gasteiger partial charge in [-0.3, -0.25) is 9.59 Å². The van der Waals surface area contributed by atoms with Gasteiger partial charge in [0.1, 0.15) is 6.54 Å². The Balaban J connectivity index is 1.41. The molecule has 0 aromatic heterocycles. The van der Waals surface area contributed by atoms with Crippen molar-refractivity contribution < 1.29 is 14.4 Å². The molecule has 2 aromatic rings. The Kier molecular flexibility index (Phi) is 5.09. The quantitative estimate of drug-likeness (QED) is 0.754. The number of para-hydroxylation sites is 1. The number of carbonyl (C=O) groups excluding carboxylic acids is 3. The highest BCUT2D eigenvalue weighted by molar-refractivity contribution is 6.19. The number of hydrogen-bond acceptors (Lipinski definition) is 3. The second-order valence-corrected chi connectivity index (χ2v) is 7.80. The van der Waals surface area contributed by atoms with E-state index in [1.165, 1.54) is 10.5 Å². The Labute approximate surface area is 170 Å². The number of nitrogens with zero attached hydrogens (tertiary/aromatic N) is 3. The third-order valence-corrected chi connectivity index (χ3v) is 5.95. The molecule has 29 heavy (non-hydrogen) atoms. The van der Waals surface area contributed by atoms with Crippen LogP contribution in [-0.2, 0) is 4.79 Å². The Hall–Kier alpha value is -3.15. The molecule has 0 spiro atoms. The number of urea groups is 1. The van der Waals surface area contributed by atoms with E-state index < -0.39 is 0 Å². The summed E-state index contributed by atoms with van der Waals surface area (Å²) in [6.07, 6.45) is 1.36. The minimum Gasteiger partial charge on any atom is -0.338 e. The first kappa shape index (κ1) is 19.2. The highest BCUT2D eigenvalue weighted by Gasteiger charge is 2.41. The van der Waals surface area contributed by atoms with Crippen molar-refractivity contribution in [2.24, 2.45) is 0 Å². The second-order valence-electron chi connectivity index (χ2n) is 7.80.